The lowest BCUT2D eigenvalue weighted by atomic mass is 9.80. The molecule has 0 radical (unpaired) electrons. The van der Waals surface area contributed by atoms with E-state index in [9.17, 15) is 14.7 Å². The highest BCUT2D eigenvalue weighted by molar-refractivity contribution is 6.51. The monoisotopic (exact) mass is 360 g/mol. The average Bonchev–Trinajstić information content (AvgIpc) is 2.28. The molecule has 20 heavy (non-hydrogen) atoms. The Hall–Kier alpha value is -0.420. The molecule has 0 saturated carbocycles. The Morgan fingerprint density at radius 2 is 1.80 bits per heavy atom. The van der Waals surface area contributed by atoms with E-state index in [2.05, 4.69) is 0 Å². The number of ether oxygens (including phenoxy) is 1. The summed E-state index contributed by atoms with van der Waals surface area (Å²) >= 11 is 23.5. The SMILES string of the molecule is CC(C)(C)OC(=O)C1(C(=O)O)C=C(Cl)C(Cl)=C(Cl)C1Cl. The summed E-state index contributed by atoms with van der Waals surface area (Å²) in [5.74, 6) is -2.58. The Bertz CT molecular complexity index is 518. The largest absolute Gasteiger partial charge is 0.480 e. The van der Waals surface area contributed by atoms with Gasteiger partial charge >= 0.3 is 11.9 Å². The van der Waals surface area contributed by atoms with Crippen molar-refractivity contribution < 1.29 is 19.4 Å². The van der Waals surface area contributed by atoms with Crippen LogP contribution in [0, 0.1) is 5.41 Å². The maximum absolute atomic E-state index is 12.3. The van der Waals surface area contributed by atoms with Gasteiger partial charge in [0, 0.05) is 0 Å². The number of hydrogen-bond acceptors (Lipinski definition) is 3. The van der Waals surface area contributed by atoms with Gasteiger partial charge in [0.1, 0.15) is 11.0 Å². The number of rotatable bonds is 2. The Labute approximate surface area is 136 Å². The van der Waals surface area contributed by atoms with Gasteiger partial charge in [0.05, 0.1) is 15.1 Å². The Kier molecular flexibility index (Phi) is 5.08. The van der Waals surface area contributed by atoms with Crippen LogP contribution in [0.15, 0.2) is 21.2 Å². The number of carbonyl (C=O) groups is 2. The normalized spacial score (nSPS) is 27.1. The van der Waals surface area contributed by atoms with Crippen LogP contribution in [0.1, 0.15) is 20.8 Å². The van der Waals surface area contributed by atoms with Crippen molar-refractivity contribution in [2.24, 2.45) is 5.41 Å². The summed E-state index contributed by atoms with van der Waals surface area (Å²) in [5.41, 5.74) is -3.12. The fourth-order valence-corrected chi connectivity index (χ4v) is 2.71. The van der Waals surface area contributed by atoms with Crippen molar-refractivity contribution in [1.82, 2.24) is 0 Å². The Balaban J connectivity index is 3.39. The lowest BCUT2D eigenvalue weighted by molar-refractivity contribution is -0.172. The van der Waals surface area contributed by atoms with E-state index in [-0.39, 0.29) is 15.1 Å². The molecule has 2 atom stereocenters. The second-order valence-electron chi connectivity index (χ2n) is 5.19. The molecular weight excluding hydrogens is 350 g/mol. The molecule has 1 rings (SSSR count). The number of halogens is 4. The number of hydrogen-bond donors (Lipinski definition) is 1. The molecule has 0 aromatic carbocycles. The first-order valence-corrected chi connectivity index (χ1v) is 7.05. The Morgan fingerprint density at radius 1 is 1.30 bits per heavy atom. The van der Waals surface area contributed by atoms with Gasteiger partial charge in [-0.15, -0.1) is 11.6 Å². The number of carboxylic acid groups (broad SMARTS) is 1. The molecule has 8 heteroatoms. The second-order valence-corrected chi connectivity index (χ2v) is 6.82. The fourth-order valence-electron chi connectivity index (χ4n) is 1.54. The lowest BCUT2D eigenvalue weighted by Crippen LogP contribution is -2.49. The van der Waals surface area contributed by atoms with E-state index in [4.69, 9.17) is 51.1 Å². The van der Waals surface area contributed by atoms with Gasteiger partial charge in [-0.2, -0.15) is 0 Å². The molecule has 1 aliphatic carbocycles. The quantitative estimate of drug-likeness (QED) is 0.461. The van der Waals surface area contributed by atoms with Crippen LogP contribution in [-0.4, -0.2) is 28.0 Å². The fraction of sp³-hybridized carbons (Fsp3) is 0.500. The van der Waals surface area contributed by atoms with Crippen molar-refractivity contribution in [1.29, 1.82) is 0 Å². The number of carboxylic acids is 1. The molecule has 0 aliphatic heterocycles. The average molecular weight is 362 g/mol. The van der Waals surface area contributed by atoms with Crippen molar-refractivity contribution in [3.8, 4) is 0 Å². The molecule has 2 unspecified atom stereocenters. The van der Waals surface area contributed by atoms with Crippen LogP contribution in [0.4, 0.5) is 0 Å². The highest BCUT2D eigenvalue weighted by Crippen LogP contribution is 2.46. The van der Waals surface area contributed by atoms with Gasteiger partial charge in [-0.3, -0.25) is 9.59 Å². The van der Waals surface area contributed by atoms with E-state index in [1.54, 1.807) is 20.8 Å². The summed E-state index contributed by atoms with van der Waals surface area (Å²) in [4.78, 5) is 23.9. The summed E-state index contributed by atoms with van der Waals surface area (Å²) in [6.07, 6.45) is 0.955. The van der Waals surface area contributed by atoms with Crippen LogP contribution in [-0.2, 0) is 14.3 Å². The molecule has 0 amide bonds. The predicted molar refractivity (Wildman–Crippen MR) is 78.2 cm³/mol. The highest BCUT2D eigenvalue weighted by atomic mass is 35.5. The molecule has 0 aromatic rings. The van der Waals surface area contributed by atoms with Crippen LogP contribution >= 0.6 is 46.4 Å². The summed E-state index contributed by atoms with van der Waals surface area (Å²) in [5, 5.41) is 7.56. The zero-order chi connectivity index (χ0) is 15.9. The van der Waals surface area contributed by atoms with Crippen LogP contribution in [0.2, 0.25) is 0 Å². The minimum atomic E-state index is -2.22. The van der Waals surface area contributed by atoms with Crippen molar-refractivity contribution >= 4 is 58.3 Å². The standard InChI is InChI=1S/C12H12Cl4O4/c1-11(2,3)20-10(19)12(9(17)18)4-5(13)6(14)7(15)8(12)16/h4,8H,1-3H3,(H,17,18). The molecule has 0 aromatic heterocycles. The molecule has 0 spiro atoms. The topological polar surface area (TPSA) is 63.6 Å². The minimum Gasteiger partial charge on any atom is -0.480 e. The number of allylic oxidation sites excluding steroid dienone is 3. The van der Waals surface area contributed by atoms with Crippen molar-refractivity contribution in [3.63, 3.8) is 0 Å². The minimum absolute atomic E-state index is 0.0891. The van der Waals surface area contributed by atoms with Crippen LogP contribution in [0.3, 0.4) is 0 Å². The van der Waals surface area contributed by atoms with Gasteiger partial charge in [0.2, 0.25) is 5.41 Å². The van der Waals surface area contributed by atoms with Gasteiger partial charge in [0.25, 0.3) is 0 Å². The molecular formula is C12H12Cl4O4. The highest BCUT2D eigenvalue weighted by Gasteiger charge is 2.56. The molecule has 4 nitrogen and oxygen atoms in total. The van der Waals surface area contributed by atoms with E-state index in [1.807, 2.05) is 0 Å². The van der Waals surface area contributed by atoms with Crippen molar-refractivity contribution in [3.05, 3.63) is 21.2 Å². The predicted octanol–water partition coefficient (Wildman–Crippen LogP) is 3.83. The van der Waals surface area contributed by atoms with Crippen LogP contribution < -0.4 is 0 Å². The first-order chi connectivity index (χ1) is 8.93. The van der Waals surface area contributed by atoms with E-state index in [1.165, 1.54) is 0 Å². The van der Waals surface area contributed by atoms with Gasteiger partial charge in [-0.05, 0) is 26.8 Å². The number of alkyl halides is 1. The molecule has 1 N–H and O–H groups in total. The number of esters is 1. The van der Waals surface area contributed by atoms with Gasteiger partial charge < -0.3 is 9.84 Å². The second kappa shape index (κ2) is 5.76. The number of aliphatic carboxylic acids is 1. The third-order valence-electron chi connectivity index (χ3n) is 2.49. The molecule has 0 fully saturated rings. The molecule has 0 saturated heterocycles. The summed E-state index contributed by atoms with van der Waals surface area (Å²) < 4.78 is 5.11. The van der Waals surface area contributed by atoms with Crippen molar-refractivity contribution in [2.75, 3.05) is 0 Å². The van der Waals surface area contributed by atoms with E-state index >= 15 is 0 Å². The van der Waals surface area contributed by atoms with E-state index in [0.717, 1.165) is 6.08 Å². The summed E-state index contributed by atoms with van der Waals surface area (Å²) in [6.45, 7) is 4.80. The maximum Gasteiger partial charge on any atom is 0.329 e. The van der Waals surface area contributed by atoms with E-state index in [0.29, 0.717) is 0 Å². The lowest BCUT2D eigenvalue weighted by Gasteiger charge is -2.34. The zero-order valence-corrected chi connectivity index (χ0v) is 13.9. The van der Waals surface area contributed by atoms with Crippen molar-refractivity contribution in [2.45, 2.75) is 31.7 Å². The molecule has 0 heterocycles. The van der Waals surface area contributed by atoms with E-state index < -0.39 is 28.3 Å². The molecule has 0 bridgehead atoms. The molecule has 112 valence electrons. The third-order valence-corrected chi connectivity index (χ3v) is 4.47. The maximum atomic E-state index is 12.3. The number of carbonyl (C=O) groups excluding carboxylic acids is 1. The molecule has 1 aliphatic rings. The first-order valence-electron chi connectivity index (χ1n) is 5.48. The summed E-state index contributed by atoms with van der Waals surface area (Å²) in [7, 11) is 0. The third kappa shape index (κ3) is 3.08. The van der Waals surface area contributed by atoms with Crippen LogP contribution in [0.5, 0.6) is 0 Å². The Morgan fingerprint density at radius 3 is 2.20 bits per heavy atom. The van der Waals surface area contributed by atoms with Gasteiger partial charge in [0.15, 0.2) is 0 Å². The van der Waals surface area contributed by atoms with Crippen LogP contribution in [0.25, 0.3) is 0 Å². The smallest absolute Gasteiger partial charge is 0.329 e. The first kappa shape index (κ1) is 17.6. The van der Waals surface area contributed by atoms with Gasteiger partial charge in [-0.25, -0.2) is 0 Å². The summed E-state index contributed by atoms with van der Waals surface area (Å²) in [6, 6.07) is 0. The zero-order valence-electron chi connectivity index (χ0n) is 10.8. The van der Waals surface area contributed by atoms with Gasteiger partial charge in [-0.1, -0.05) is 34.8 Å².